The lowest BCUT2D eigenvalue weighted by molar-refractivity contribution is 1.36. The number of benzene rings is 2. The molecule has 0 bridgehead atoms. The van der Waals surface area contributed by atoms with Crippen LogP contribution in [0, 0.1) is 6.92 Å². The van der Waals surface area contributed by atoms with Crippen LogP contribution in [0.25, 0.3) is 11.1 Å². The molecule has 0 amide bonds. The van der Waals surface area contributed by atoms with E-state index >= 15 is 0 Å². The van der Waals surface area contributed by atoms with Crippen molar-refractivity contribution >= 4 is 12.6 Å². The Kier molecular flexibility index (Phi) is 2.60. The molecular weight excluding hydrogens is 188 g/mol. The Labute approximate surface area is 90.0 Å². The Morgan fingerprint density at radius 1 is 0.857 bits per heavy atom. The number of rotatable bonds is 1. The van der Waals surface area contributed by atoms with E-state index in [1.54, 1.807) is 0 Å². The zero-order valence-corrected chi connectivity index (χ0v) is 8.96. The third kappa shape index (κ3) is 1.68. The van der Waals surface area contributed by atoms with Gasteiger partial charge in [0.25, 0.3) is 0 Å². The molecule has 0 heterocycles. The quantitative estimate of drug-likeness (QED) is 0.662. The third-order valence-electron chi connectivity index (χ3n) is 2.31. The van der Waals surface area contributed by atoms with Gasteiger partial charge >= 0.3 is 0 Å². The highest BCUT2D eigenvalue weighted by Gasteiger charge is 2.03. The first-order valence-corrected chi connectivity index (χ1v) is 5.08. The Balaban J connectivity index is 2.63. The van der Waals surface area contributed by atoms with E-state index in [9.17, 15) is 0 Å². The lowest BCUT2D eigenvalue weighted by Crippen LogP contribution is -1.84. The van der Waals surface area contributed by atoms with E-state index in [4.69, 9.17) is 0 Å². The molecule has 0 unspecified atom stereocenters. The van der Waals surface area contributed by atoms with Gasteiger partial charge in [-0.3, -0.25) is 0 Å². The first-order valence-electron chi connectivity index (χ1n) is 4.63. The van der Waals surface area contributed by atoms with Crippen LogP contribution in [0.15, 0.2) is 53.4 Å². The van der Waals surface area contributed by atoms with Gasteiger partial charge < -0.3 is 0 Å². The average Bonchev–Trinajstić information content (AvgIpc) is 2.19. The van der Waals surface area contributed by atoms with Gasteiger partial charge in [-0.05, 0) is 29.7 Å². The predicted molar refractivity (Wildman–Crippen MR) is 63.9 cm³/mol. The van der Waals surface area contributed by atoms with Crippen LogP contribution in [0.2, 0.25) is 0 Å². The molecule has 14 heavy (non-hydrogen) atoms. The van der Waals surface area contributed by atoms with Crippen molar-refractivity contribution in [3.05, 3.63) is 54.1 Å². The van der Waals surface area contributed by atoms with Gasteiger partial charge in [0.05, 0.1) is 0 Å². The molecule has 0 saturated carbocycles. The van der Waals surface area contributed by atoms with Gasteiger partial charge in [0.15, 0.2) is 0 Å². The molecule has 0 atom stereocenters. The smallest absolute Gasteiger partial charge is 0.0121 e. The van der Waals surface area contributed by atoms with Gasteiger partial charge in [0, 0.05) is 4.90 Å². The van der Waals surface area contributed by atoms with Crippen LogP contribution < -0.4 is 0 Å². The lowest BCUT2D eigenvalue weighted by Gasteiger charge is -2.08. The number of aryl methyl sites for hydroxylation is 1. The van der Waals surface area contributed by atoms with Crippen molar-refractivity contribution < 1.29 is 0 Å². The highest BCUT2D eigenvalue weighted by molar-refractivity contribution is 7.80. The second-order valence-electron chi connectivity index (χ2n) is 3.34. The van der Waals surface area contributed by atoms with Crippen LogP contribution >= 0.6 is 12.6 Å². The first-order chi connectivity index (χ1) is 6.79. The maximum Gasteiger partial charge on any atom is 0.0121 e. The fourth-order valence-electron chi connectivity index (χ4n) is 1.63. The van der Waals surface area contributed by atoms with Crippen LogP contribution in [0.3, 0.4) is 0 Å². The minimum Gasteiger partial charge on any atom is -0.143 e. The molecular formula is C13H12S. The summed E-state index contributed by atoms with van der Waals surface area (Å²) in [4.78, 5) is 1.04. The normalized spacial score (nSPS) is 10.1. The number of hydrogen-bond acceptors (Lipinski definition) is 1. The van der Waals surface area contributed by atoms with Crippen LogP contribution in [0.4, 0.5) is 0 Å². The molecule has 0 N–H and O–H groups in total. The molecule has 0 radical (unpaired) electrons. The molecule has 0 aliphatic carbocycles. The van der Waals surface area contributed by atoms with E-state index in [1.165, 1.54) is 16.7 Å². The molecule has 1 heteroatoms. The van der Waals surface area contributed by atoms with Gasteiger partial charge in [-0.25, -0.2) is 0 Å². The maximum atomic E-state index is 4.48. The summed E-state index contributed by atoms with van der Waals surface area (Å²) in [5, 5.41) is 0. The van der Waals surface area contributed by atoms with Crippen molar-refractivity contribution in [3.8, 4) is 11.1 Å². The third-order valence-corrected chi connectivity index (χ3v) is 2.69. The Hall–Kier alpha value is -1.21. The number of thiol groups is 1. The summed E-state index contributed by atoms with van der Waals surface area (Å²) in [7, 11) is 0. The Morgan fingerprint density at radius 2 is 1.57 bits per heavy atom. The standard InChI is InChI=1S/C13H12S/c1-10-6-5-9-12(14)13(10)11-7-3-2-4-8-11/h2-9,14H,1H3. The van der Waals surface area contributed by atoms with Gasteiger partial charge in [0.2, 0.25) is 0 Å². The molecule has 0 fully saturated rings. The van der Waals surface area contributed by atoms with Crippen molar-refractivity contribution in [1.29, 1.82) is 0 Å². The lowest BCUT2D eigenvalue weighted by atomic mass is 10.0. The van der Waals surface area contributed by atoms with Crippen molar-refractivity contribution in [3.63, 3.8) is 0 Å². The fourth-order valence-corrected chi connectivity index (χ4v) is 2.02. The highest BCUT2D eigenvalue weighted by Crippen LogP contribution is 2.29. The molecule has 0 spiro atoms. The van der Waals surface area contributed by atoms with E-state index in [-0.39, 0.29) is 0 Å². The molecule has 0 nitrogen and oxygen atoms in total. The molecule has 0 aliphatic rings. The van der Waals surface area contributed by atoms with Crippen molar-refractivity contribution in [2.75, 3.05) is 0 Å². The van der Waals surface area contributed by atoms with E-state index in [0.717, 1.165) is 4.90 Å². The predicted octanol–water partition coefficient (Wildman–Crippen LogP) is 3.95. The Morgan fingerprint density at radius 3 is 2.21 bits per heavy atom. The van der Waals surface area contributed by atoms with Crippen molar-refractivity contribution in [1.82, 2.24) is 0 Å². The zero-order valence-electron chi connectivity index (χ0n) is 8.07. The van der Waals surface area contributed by atoms with Crippen LogP contribution in [0.5, 0.6) is 0 Å². The minimum atomic E-state index is 1.04. The van der Waals surface area contributed by atoms with Crippen LogP contribution in [-0.4, -0.2) is 0 Å². The molecule has 2 aromatic rings. The summed E-state index contributed by atoms with van der Waals surface area (Å²) in [6.07, 6.45) is 0. The van der Waals surface area contributed by atoms with Crippen LogP contribution in [-0.2, 0) is 0 Å². The second-order valence-corrected chi connectivity index (χ2v) is 3.82. The molecule has 0 aromatic heterocycles. The SMILES string of the molecule is Cc1cccc(S)c1-c1ccccc1. The zero-order chi connectivity index (χ0) is 9.97. The van der Waals surface area contributed by atoms with Crippen molar-refractivity contribution in [2.45, 2.75) is 11.8 Å². The number of hydrogen-bond donors (Lipinski definition) is 1. The fraction of sp³-hybridized carbons (Fsp3) is 0.0769. The van der Waals surface area contributed by atoms with E-state index in [2.05, 4.69) is 49.9 Å². The summed E-state index contributed by atoms with van der Waals surface area (Å²) in [6, 6.07) is 16.5. The summed E-state index contributed by atoms with van der Waals surface area (Å²) in [5.41, 5.74) is 3.73. The molecule has 70 valence electrons. The van der Waals surface area contributed by atoms with Gasteiger partial charge in [0.1, 0.15) is 0 Å². The molecule has 0 aliphatic heterocycles. The Bertz CT molecular complexity index is 412. The highest BCUT2D eigenvalue weighted by atomic mass is 32.1. The maximum absolute atomic E-state index is 4.48. The van der Waals surface area contributed by atoms with Gasteiger partial charge in [-0.2, -0.15) is 0 Å². The largest absolute Gasteiger partial charge is 0.143 e. The summed E-state index contributed by atoms with van der Waals surface area (Å²) in [6.45, 7) is 2.11. The summed E-state index contributed by atoms with van der Waals surface area (Å²) >= 11 is 4.48. The van der Waals surface area contributed by atoms with E-state index < -0.39 is 0 Å². The molecule has 2 aromatic carbocycles. The minimum absolute atomic E-state index is 1.04. The van der Waals surface area contributed by atoms with Crippen molar-refractivity contribution in [2.24, 2.45) is 0 Å². The van der Waals surface area contributed by atoms with E-state index in [0.29, 0.717) is 0 Å². The molecule has 0 saturated heterocycles. The van der Waals surface area contributed by atoms with Gasteiger partial charge in [-0.1, -0.05) is 42.5 Å². The van der Waals surface area contributed by atoms with E-state index in [1.807, 2.05) is 18.2 Å². The van der Waals surface area contributed by atoms with Crippen LogP contribution in [0.1, 0.15) is 5.56 Å². The molecule has 2 rings (SSSR count). The topological polar surface area (TPSA) is 0 Å². The first kappa shape index (κ1) is 9.35. The monoisotopic (exact) mass is 200 g/mol. The average molecular weight is 200 g/mol. The second kappa shape index (κ2) is 3.89. The summed E-state index contributed by atoms with van der Waals surface area (Å²) in [5.74, 6) is 0. The van der Waals surface area contributed by atoms with Gasteiger partial charge in [-0.15, -0.1) is 12.6 Å². The summed E-state index contributed by atoms with van der Waals surface area (Å²) < 4.78 is 0.